The van der Waals surface area contributed by atoms with Crippen LogP contribution in [-0.2, 0) is 10.0 Å². The minimum absolute atomic E-state index is 0.0174. The Balaban J connectivity index is 1.71. The molecule has 1 aliphatic heterocycles. The van der Waals surface area contributed by atoms with Crippen molar-refractivity contribution in [3.05, 3.63) is 59.5 Å². The molecule has 4 N–H and O–H groups in total. The van der Waals surface area contributed by atoms with Crippen molar-refractivity contribution in [2.24, 2.45) is 5.73 Å². The first-order chi connectivity index (χ1) is 14.7. The van der Waals surface area contributed by atoms with Crippen LogP contribution in [0.1, 0.15) is 23.2 Å². The fourth-order valence-electron chi connectivity index (χ4n) is 3.57. The summed E-state index contributed by atoms with van der Waals surface area (Å²) in [7, 11) is -3.89. The van der Waals surface area contributed by atoms with Gasteiger partial charge in [0.2, 0.25) is 10.0 Å². The summed E-state index contributed by atoms with van der Waals surface area (Å²) in [5.74, 6) is -5.36. The second-order valence-electron chi connectivity index (χ2n) is 7.36. The Hall–Kier alpha value is -2.89. The quantitative estimate of drug-likeness (QED) is 0.529. The van der Waals surface area contributed by atoms with Gasteiger partial charge in [0.15, 0.2) is 17.5 Å². The average Bonchev–Trinajstić information content (AvgIpc) is 3.20. The maximum atomic E-state index is 13.5. The highest BCUT2D eigenvalue weighted by molar-refractivity contribution is 7.89. The van der Waals surface area contributed by atoms with Crippen LogP contribution in [0.3, 0.4) is 0 Å². The highest BCUT2D eigenvalue weighted by Crippen LogP contribution is 2.28. The normalized spacial score (nSPS) is 16.0. The van der Waals surface area contributed by atoms with Crippen molar-refractivity contribution < 1.29 is 26.4 Å². The van der Waals surface area contributed by atoms with Gasteiger partial charge in [-0.25, -0.2) is 21.6 Å². The first-order valence-electron chi connectivity index (χ1n) is 9.49. The summed E-state index contributed by atoms with van der Waals surface area (Å²) in [5, 5.41) is 2.71. The number of sulfonamides is 1. The SMILES string of the molecule is NC1CCN(S(=O)(=O)c2cc(C(=O)Nc3cc(F)c(F)c(F)c3)c3cc[nH]c3c2)CC1. The van der Waals surface area contributed by atoms with Gasteiger partial charge < -0.3 is 16.0 Å². The van der Waals surface area contributed by atoms with Gasteiger partial charge in [-0.15, -0.1) is 0 Å². The van der Waals surface area contributed by atoms with E-state index in [4.69, 9.17) is 5.73 Å². The molecule has 0 saturated carbocycles. The molecule has 0 unspecified atom stereocenters. The smallest absolute Gasteiger partial charge is 0.256 e. The van der Waals surface area contributed by atoms with Crippen LogP contribution in [0.5, 0.6) is 0 Å². The van der Waals surface area contributed by atoms with Gasteiger partial charge in [0.1, 0.15) is 0 Å². The molecule has 0 spiro atoms. The number of anilines is 1. The zero-order chi connectivity index (χ0) is 22.3. The second-order valence-corrected chi connectivity index (χ2v) is 9.30. The molecule has 0 atom stereocenters. The van der Waals surface area contributed by atoms with E-state index in [2.05, 4.69) is 10.3 Å². The molecule has 1 aromatic heterocycles. The first-order valence-corrected chi connectivity index (χ1v) is 10.9. The van der Waals surface area contributed by atoms with Gasteiger partial charge >= 0.3 is 0 Å². The summed E-state index contributed by atoms with van der Waals surface area (Å²) in [6.45, 7) is 0.532. The summed E-state index contributed by atoms with van der Waals surface area (Å²) in [6.07, 6.45) is 2.59. The van der Waals surface area contributed by atoms with Crippen molar-refractivity contribution >= 4 is 32.5 Å². The highest BCUT2D eigenvalue weighted by atomic mass is 32.2. The van der Waals surface area contributed by atoms with Crippen LogP contribution in [0.4, 0.5) is 18.9 Å². The Morgan fingerprint density at radius 3 is 2.39 bits per heavy atom. The third kappa shape index (κ3) is 4.03. The van der Waals surface area contributed by atoms with Crippen LogP contribution >= 0.6 is 0 Å². The maximum absolute atomic E-state index is 13.5. The molecule has 2 heterocycles. The average molecular weight is 452 g/mol. The fourth-order valence-corrected chi connectivity index (χ4v) is 5.09. The number of H-pyrrole nitrogens is 1. The molecular formula is C20H19F3N4O3S. The molecule has 2 aromatic carbocycles. The molecule has 0 radical (unpaired) electrons. The van der Waals surface area contributed by atoms with Gasteiger partial charge in [-0.05, 0) is 31.0 Å². The molecule has 11 heteroatoms. The Labute approximate surface area is 176 Å². The van der Waals surface area contributed by atoms with Crippen LogP contribution in [-0.4, -0.2) is 42.7 Å². The number of nitrogens with two attached hydrogens (primary N) is 1. The molecule has 31 heavy (non-hydrogen) atoms. The lowest BCUT2D eigenvalue weighted by Crippen LogP contribution is -2.42. The Bertz CT molecular complexity index is 1240. The molecule has 1 amide bonds. The monoisotopic (exact) mass is 452 g/mol. The van der Waals surface area contributed by atoms with Crippen LogP contribution < -0.4 is 11.1 Å². The Morgan fingerprint density at radius 1 is 1.10 bits per heavy atom. The number of nitrogens with zero attached hydrogens (tertiary/aromatic N) is 1. The van der Waals surface area contributed by atoms with Gasteiger partial charge in [-0.3, -0.25) is 4.79 Å². The number of rotatable bonds is 4. The first kappa shape index (κ1) is 21.3. The summed E-state index contributed by atoms with van der Waals surface area (Å²) >= 11 is 0. The minimum atomic E-state index is -3.89. The van der Waals surface area contributed by atoms with Crippen LogP contribution in [0.15, 0.2) is 41.4 Å². The van der Waals surface area contributed by atoms with E-state index in [1.807, 2.05) is 0 Å². The largest absolute Gasteiger partial charge is 0.361 e. The van der Waals surface area contributed by atoms with E-state index in [0.29, 0.717) is 35.9 Å². The maximum Gasteiger partial charge on any atom is 0.256 e. The molecule has 1 fully saturated rings. The van der Waals surface area contributed by atoms with Crippen molar-refractivity contribution in [1.82, 2.24) is 9.29 Å². The second kappa shape index (κ2) is 7.98. The van der Waals surface area contributed by atoms with Crippen LogP contribution in [0.2, 0.25) is 0 Å². The molecule has 164 valence electrons. The summed E-state index contributed by atoms with van der Waals surface area (Å²) in [5.41, 5.74) is 5.93. The lowest BCUT2D eigenvalue weighted by Gasteiger charge is -2.29. The minimum Gasteiger partial charge on any atom is -0.361 e. The number of hydrogen-bond donors (Lipinski definition) is 3. The van der Waals surface area contributed by atoms with Gasteiger partial charge in [0.25, 0.3) is 5.91 Å². The zero-order valence-corrected chi connectivity index (χ0v) is 17.0. The number of piperidine rings is 1. The predicted molar refractivity (Wildman–Crippen MR) is 109 cm³/mol. The van der Waals surface area contributed by atoms with Crippen molar-refractivity contribution in [3.8, 4) is 0 Å². The van der Waals surface area contributed by atoms with E-state index in [-0.39, 0.29) is 35.3 Å². The number of fused-ring (bicyclic) bond motifs is 1. The lowest BCUT2D eigenvalue weighted by molar-refractivity contribution is 0.102. The van der Waals surface area contributed by atoms with E-state index in [1.165, 1.54) is 22.6 Å². The highest BCUT2D eigenvalue weighted by Gasteiger charge is 2.30. The Kier molecular flexibility index (Phi) is 5.50. The number of carbonyl (C=O) groups excluding carboxylic acids is 1. The molecule has 7 nitrogen and oxygen atoms in total. The molecular weight excluding hydrogens is 433 g/mol. The van der Waals surface area contributed by atoms with Crippen LogP contribution in [0, 0.1) is 17.5 Å². The predicted octanol–water partition coefficient (Wildman–Crippen LogP) is 2.95. The van der Waals surface area contributed by atoms with Crippen LogP contribution in [0.25, 0.3) is 10.9 Å². The van der Waals surface area contributed by atoms with Gasteiger partial charge in [0, 0.05) is 54.1 Å². The van der Waals surface area contributed by atoms with E-state index >= 15 is 0 Å². The summed E-state index contributed by atoms with van der Waals surface area (Å²) < 4.78 is 67.7. The number of aromatic amines is 1. The molecule has 3 aromatic rings. The van der Waals surface area contributed by atoms with Gasteiger partial charge in [-0.1, -0.05) is 0 Å². The van der Waals surface area contributed by atoms with E-state index in [1.54, 1.807) is 6.07 Å². The number of carbonyl (C=O) groups is 1. The summed E-state index contributed by atoms with van der Waals surface area (Å²) in [4.78, 5) is 15.6. The Morgan fingerprint density at radius 2 is 1.74 bits per heavy atom. The molecule has 0 aliphatic carbocycles. The third-order valence-electron chi connectivity index (χ3n) is 5.27. The van der Waals surface area contributed by atoms with E-state index in [9.17, 15) is 26.4 Å². The van der Waals surface area contributed by atoms with Crippen molar-refractivity contribution in [1.29, 1.82) is 0 Å². The number of aromatic nitrogens is 1. The number of hydrogen-bond acceptors (Lipinski definition) is 4. The van der Waals surface area contributed by atoms with Crippen molar-refractivity contribution in [3.63, 3.8) is 0 Å². The van der Waals surface area contributed by atoms with Crippen molar-refractivity contribution in [2.75, 3.05) is 18.4 Å². The standard InChI is InChI=1S/C20H19F3N4O3S/c21-16-7-12(8-17(22)19(16)23)26-20(28)15-9-13(10-18-14(15)1-4-25-18)31(29,30)27-5-2-11(24)3-6-27/h1,4,7-11,25H,2-3,5-6,24H2,(H,26,28). The summed E-state index contributed by atoms with van der Waals surface area (Å²) in [6, 6.07) is 5.44. The number of benzene rings is 2. The molecule has 1 aliphatic rings. The number of nitrogens with one attached hydrogen (secondary N) is 2. The topological polar surface area (TPSA) is 108 Å². The number of amides is 1. The fraction of sp³-hybridized carbons (Fsp3) is 0.250. The molecule has 1 saturated heterocycles. The number of halogens is 3. The van der Waals surface area contributed by atoms with Gasteiger partial charge in [-0.2, -0.15) is 4.31 Å². The lowest BCUT2D eigenvalue weighted by atomic mass is 10.1. The van der Waals surface area contributed by atoms with Crippen molar-refractivity contribution in [2.45, 2.75) is 23.8 Å². The molecule has 4 rings (SSSR count). The van der Waals surface area contributed by atoms with E-state index < -0.39 is 33.4 Å². The van der Waals surface area contributed by atoms with E-state index in [0.717, 1.165) is 0 Å². The molecule has 0 bridgehead atoms. The zero-order valence-electron chi connectivity index (χ0n) is 16.2. The third-order valence-corrected chi connectivity index (χ3v) is 7.14. The van der Waals surface area contributed by atoms with Gasteiger partial charge in [0.05, 0.1) is 10.5 Å².